The molecule has 0 saturated carbocycles. The first kappa shape index (κ1) is 25.1. The van der Waals surface area contributed by atoms with Gasteiger partial charge in [0.1, 0.15) is 28.1 Å². The number of primary amides is 1. The number of rotatable bonds is 5. The summed E-state index contributed by atoms with van der Waals surface area (Å²) in [7, 11) is 0. The Morgan fingerprint density at radius 2 is 1.53 bits per heavy atom. The van der Waals surface area contributed by atoms with Gasteiger partial charge in [0.15, 0.2) is 5.69 Å². The van der Waals surface area contributed by atoms with Crippen molar-refractivity contribution >= 4 is 28.7 Å². The zero-order valence-corrected chi connectivity index (χ0v) is 21.6. The average Bonchev–Trinajstić information content (AvgIpc) is 3.29. The first-order valence-corrected chi connectivity index (χ1v) is 12.4. The first-order valence-electron chi connectivity index (χ1n) is 12.4. The van der Waals surface area contributed by atoms with Crippen LogP contribution in [0, 0.1) is 0 Å². The summed E-state index contributed by atoms with van der Waals surface area (Å²) in [6, 6.07) is 18.6. The molecule has 1 aliphatic rings. The average molecular weight is 515 g/mol. The van der Waals surface area contributed by atoms with Crippen LogP contribution in [0.25, 0.3) is 16.7 Å². The second-order valence-electron chi connectivity index (χ2n) is 10.0. The van der Waals surface area contributed by atoms with E-state index in [4.69, 9.17) is 20.3 Å². The minimum absolute atomic E-state index is 0.200. The van der Waals surface area contributed by atoms with Gasteiger partial charge < -0.3 is 25.0 Å². The number of anilines is 1. The Hall–Kier alpha value is -4.60. The lowest BCUT2D eigenvalue weighted by Gasteiger charge is -2.36. The summed E-state index contributed by atoms with van der Waals surface area (Å²) >= 11 is 0. The molecule has 1 saturated heterocycles. The third-order valence-electron chi connectivity index (χ3n) is 6.10. The summed E-state index contributed by atoms with van der Waals surface area (Å²) in [5, 5.41) is 4.76. The molecule has 2 aromatic carbocycles. The number of pyridine rings is 1. The molecule has 10 nitrogen and oxygen atoms in total. The Bertz CT molecular complexity index is 1450. The van der Waals surface area contributed by atoms with Gasteiger partial charge in [-0.2, -0.15) is 5.10 Å². The third kappa shape index (κ3) is 5.24. The molecule has 0 bridgehead atoms. The summed E-state index contributed by atoms with van der Waals surface area (Å²) in [4.78, 5) is 33.3. The number of benzene rings is 2. The molecule has 0 aliphatic carbocycles. The Morgan fingerprint density at radius 1 is 0.868 bits per heavy atom. The molecule has 38 heavy (non-hydrogen) atoms. The van der Waals surface area contributed by atoms with Crippen molar-refractivity contribution < 1.29 is 19.1 Å². The van der Waals surface area contributed by atoms with Crippen LogP contribution in [0.3, 0.4) is 0 Å². The first-order chi connectivity index (χ1) is 18.2. The van der Waals surface area contributed by atoms with Gasteiger partial charge in [0.05, 0.1) is 11.4 Å². The van der Waals surface area contributed by atoms with Gasteiger partial charge in [0.2, 0.25) is 0 Å². The lowest BCUT2D eigenvalue weighted by atomic mass is 10.2. The van der Waals surface area contributed by atoms with Crippen LogP contribution in [-0.2, 0) is 4.74 Å². The molecule has 0 radical (unpaired) electrons. The van der Waals surface area contributed by atoms with E-state index in [-0.39, 0.29) is 11.8 Å². The molecule has 0 spiro atoms. The lowest BCUT2D eigenvalue weighted by molar-refractivity contribution is 0.0240. The molecule has 2 N–H and O–H groups in total. The molecule has 1 fully saturated rings. The standard InChI is InChI=1S/C28H30N6O4/c1-28(2,3)38-27(36)33-17-15-32(16-18-33)22-13-14-30-24-23(22)31-34(25(24)26(29)35)19-9-11-21(12-10-19)37-20-7-5-4-6-8-20/h4-14H,15-18H2,1-3H3,(H2,29,35). The smallest absolute Gasteiger partial charge is 0.410 e. The van der Waals surface area contributed by atoms with Crippen molar-refractivity contribution in [3.05, 3.63) is 72.6 Å². The lowest BCUT2D eigenvalue weighted by Crippen LogP contribution is -2.50. The second kappa shape index (κ2) is 10.0. The normalized spacial score (nSPS) is 14.0. The minimum Gasteiger partial charge on any atom is -0.457 e. The van der Waals surface area contributed by atoms with E-state index >= 15 is 0 Å². The summed E-state index contributed by atoms with van der Waals surface area (Å²) < 4.78 is 12.9. The van der Waals surface area contributed by atoms with Crippen molar-refractivity contribution in [3.63, 3.8) is 0 Å². The van der Waals surface area contributed by atoms with Gasteiger partial charge in [-0.1, -0.05) is 18.2 Å². The maximum atomic E-state index is 12.5. The fraction of sp³-hybridized carbons (Fsp3) is 0.286. The van der Waals surface area contributed by atoms with Gasteiger partial charge in [-0.3, -0.25) is 9.78 Å². The number of carbonyl (C=O) groups excluding carboxylic acids is 2. The zero-order chi connectivity index (χ0) is 26.9. The van der Waals surface area contributed by atoms with Crippen molar-refractivity contribution in [2.45, 2.75) is 26.4 Å². The minimum atomic E-state index is -0.628. The van der Waals surface area contributed by atoms with E-state index in [2.05, 4.69) is 9.88 Å². The molecule has 5 rings (SSSR count). The van der Waals surface area contributed by atoms with Crippen LogP contribution in [0.5, 0.6) is 11.5 Å². The number of ether oxygens (including phenoxy) is 2. The summed E-state index contributed by atoms with van der Waals surface area (Å²) in [6.45, 7) is 7.74. The number of para-hydroxylation sites is 1. The number of hydrogen-bond acceptors (Lipinski definition) is 7. The van der Waals surface area contributed by atoms with E-state index in [1.54, 1.807) is 11.1 Å². The van der Waals surface area contributed by atoms with Gasteiger partial charge in [0.25, 0.3) is 5.91 Å². The van der Waals surface area contributed by atoms with E-state index in [0.717, 1.165) is 11.4 Å². The molecular weight excluding hydrogens is 484 g/mol. The molecule has 196 valence electrons. The number of nitrogens with zero attached hydrogens (tertiary/aromatic N) is 5. The Kier molecular flexibility index (Phi) is 6.62. The van der Waals surface area contributed by atoms with Crippen LogP contribution < -0.4 is 15.4 Å². The molecule has 0 atom stereocenters. The van der Waals surface area contributed by atoms with Gasteiger partial charge >= 0.3 is 6.09 Å². The van der Waals surface area contributed by atoms with Gasteiger partial charge in [-0.15, -0.1) is 0 Å². The predicted octanol–water partition coefficient (Wildman–Crippen LogP) is 4.37. The van der Waals surface area contributed by atoms with Crippen molar-refractivity contribution in [1.82, 2.24) is 19.7 Å². The van der Waals surface area contributed by atoms with Crippen LogP contribution in [0.15, 0.2) is 66.9 Å². The SMILES string of the molecule is CC(C)(C)OC(=O)N1CCN(c2ccnc3c(C(N)=O)n(-c4ccc(Oc5ccccc5)cc4)nc23)CC1. The highest BCUT2D eigenvalue weighted by molar-refractivity contribution is 6.06. The molecule has 0 unspecified atom stereocenters. The van der Waals surface area contributed by atoms with E-state index in [9.17, 15) is 9.59 Å². The Morgan fingerprint density at radius 3 is 2.16 bits per heavy atom. The van der Waals surface area contributed by atoms with Gasteiger partial charge in [0, 0.05) is 32.4 Å². The largest absolute Gasteiger partial charge is 0.457 e. The maximum Gasteiger partial charge on any atom is 0.410 e. The number of piperazine rings is 1. The molecule has 4 aromatic rings. The van der Waals surface area contributed by atoms with Crippen LogP contribution in [0.1, 0.15) is 31.3 Å². The van der Waals surface area contributed by atoms with Gasteiger partial charge in [-0.25, -0.2) is 9.48 Å². The molecule has 2 aromatic heterocycles. The quantitative estimate of drug-likeness (QED) is 0.420. The number of hydrogen-bond donors (Lipinski definition) is 1. The Labute approximate surface area is 220 Å². The van der Waals surface area contributed by atoms with Crippen LogP contribution >= 0.6 is 0 Å². The molecule has 10 heteroatoms. The highest BCUT2D eigenvalue weighted by Crippen LogP contribution is 2.30. The highest BCUT2D eigenvalue weighted by Gasteiger charge is 2.28. The van der Waals surface area contributed by atoms with E-state index in [0.29, 0.717) is 48.6 Å². The molecule has 1 aliphatic heterocycles. The van der Waals surface area contributed by atoms with Crippen molar-refractivity contribution in [3.8, 4) is 17.2 Å². The topological polar surface area (TPSA) is 116 Å². The number of aromatic nitrogens is 3. The highest BCUT2D eigenvalue weighted by atomic mass is 16.6. The van der Waals surface area contributed by atoms with Gasteiger partial charge in [-0.05, 0) is 63.2 Å². The monoisotopic (exact) mass is 514 g/mol. The predicted molar refractivity (Wildman–Crippen MR) is 144 cm³/mol. The van der Waals surface area contributed by atoms with E-state index < -0.39 is 11.5 Å². The zero-order valence-electron chi connectivity index (χ0n) is 21.6. The Balaban J connectivity index is 1.41. The molecule has 3 heterocycles. The van der Waals surface area contributed by atoms with E-state index in [1.165, 1.54) is 4.68 Å². The van der Waals surface area contributed by atoms with Crippen molar-refractivity contribution in [2.24, 2.45) is 5.73 Å². The maximum absolute atomic E-state index is 12.5. The fourth-order valence-electron chi connectivity index (χ4n) is 4.37. The van der Waals surface area contributed by atoms with Crippen molar-refractivity contribution in [1.29, 1.82) is 0 Å². The number of carbonyl (C=O) groups is 2. The fourth-order valence-corrected chi connectivity index (χ4v) is 4.37. The third-order valence-corrected chi connectivity index (χ3v) is 6.10. The van der Waals surface area contributed by atoms with Crippen molar-refractivity contribution in [2.75, 3.05) is 31.1 Å². The number of nitrogens with two attached hydrogens (primary N) is 1. The number of amides is 2. The summed E-state index contributed by atoms with van der Waals surface area (Å²) in [5.74, 6) is 0.749. The summed E-state index contributed by atoms with van der Waals surface area (Å²) in [6.07, 6.45) is 1.32. The molecular formula is C28H30N6O4. The van der Waals surface area contributed by atoms with Crippen LogP contribution in [-0.4, -0.2) is 63.4 Å². The summed E-state index contributed by atoms with van der Waals surface area (Å²) in [5.41, 5.74) is 7.91. The molecule has 2 amide bonds. The van der Waals surface area contributed by atoms with Crippen LogP contribution in [0.4, 0.5) is 10.5 Å². The van der Waals surface area contributed by atoms with E-state index in [1.807, 2.05) is 81.4 Å². The number of fused-ring (bicyclic) bond motifs is 1. The van der Waals surface area contributed by atoms with Crippen LogP contribution in [0.2, 0.25) is 0 Å². The second-order valence-corrected chi connectivity index (χ2v) is 10.0.